The molecule has 0 N–H and O–H groups in total. The van der Waals surface area contributed by atoms with Crippen LogP contribution in [0.3, 0.4) is 0 Å². The van der Waals surface area contributed by atoms with E-state index in [1.807, 2.05) is 35.4 Å². The van der Waals surface area contributed by atoms with E-state index in [1.54, 1.807) is 0 Å². The van der Waals surface area contributed by atoms with E-state index >= 15 is 0 Å². The maximum atomic E-state index is 12.7. The zero-order valence-corrected chi connectivity index (χ0v) is 15.4. The smallest absolute Gasteiger partial charge is 0.254 e. The summed E-state index contributed by atoms with van der Waals surface area (Å²) in [4.78, 5) is 26.0. The first-order chi connectivity index (χ1) is 12.2. The molecule has 25 heavy (non-hydrogen) atoms. The Morgan fingerprint density at radius 2 is 1.88 bits per heavy atom. The number of benzene rings is 1. The van der Waals surface area contributed by atoms with Gasteiger partial charge in [0.1, 0.15) is 0 Å². The van der Waals surface area contributed by atoms with E-state index in [0.29, 0.717) is 31.9 Å². The molecule has 7 heteroatoms. The van der Waals surface area contributed by atoms with Gasteiger partial charge in [0.05, 0.1) is 25.5 Å². The van der Waals surface area contributed by atoms with Crippen LogP contribution in [0.4, 0.5) is 5.95 Å². The van der Waals surface area contributed by atoms with Crippen LogP contribution in [0.5, 0.6) is 0 Å². The van der Waals surface area contributed by atoms with Gasteiger partial charge in [0, 0.05) is 35.9 Å². The van der Waals surface area contributed by atoms with Gasteiger partial charge in [-0.3, -0.25) is 4.79 Å². The lowest BCUT2D eigenvalue weighted by Crippen LogP contribution is -2.39. The molecule has 0 unspecified atom stereocenters. The molecule has 130 valence electrons. The molecule has 1 aromatic carbocycles. The minimum absolute atomic E-state index is 0.0460. The number of aromatic nitrogens is 2. The molecule has 0 spiro atoms. The van der Waals surface area contributed by atoms with Crippen LogP contribution in [0.25, 0.3) is 0 Å². The minimum Gasteiger partial charge on any atom is -0.378 e. The van der Waals surface area contributed by atoms with Gasteiger partial charge in [-0.05, 0) is 36.2 Å². The van der Waals surface area contributed by atoms with Crippen molar-refractivity contribution in [2.75, 3.05) is 37.7 Å². The first kappa shape index (κ1) is 16.5. The van der Waals surface area contributed by atoms with Crippen molar-refractivity contribution in [3.8, 4) is 0 Å². The number of carbonyl (C=O) groups excluding carboxylic acids is 1. The largest absolute Gasteiger partial charge is 0.378 e. The third-order valence-electron chi connectivity index (χ3n) is 4.61. The Morgan fingerprint density at radius 3 is 2.64 bits per heavy atom. The Hall–Kier alpha value is -1.99. The molecule has 2 aliphatic heterocycles. The summed E-state index contributed by atoms with van der Waals surface area (Å²) in [5, 5.41) is 0. The Balaban J connectivity index is 1.53. The van der Waals surface area contributed by atoms with Crippen molar-refractivity contribution >= 4 is 27.8 Å². The van der Waals surface area contributed by atoms with E-state index in [0.717, 1.165) is 41.2 Å². The molecule has 0 aliphatic carbocycles. The highest BCUT2D eigenvalue weighted by molar-refractivity contribution is 9.10. The summed E-state index contributed by atoms with van der Waals surface area (Å²) in [6, 6.07) is 7.48. The van der Waals surface area contributed by atoms with E-state index in [4.69, 9.17) is 9.72 Å². The monoisotopic (exact) mass is 402 g/mol. The molecule has 1 saturated heterocycles. The first-order valence-corrected chi connectivity index (χ1v) is 9.22. The molecule has 0 saturated carbocycles. The van der Waals surface area contributed by atoms with E-state index in [-0.39, 0.29) is 5.91 Å². The van der Waals surface area contributed by atoms with Crippen LogP contribution >= 0.6 is 15.9 Å². The normalized spacial score (nSPS) is 17.3. The molecule has 0 bridgehead atoms. The van der Waals surface area contributed by atoms with Gasteiger partial charge >= 0.3 is 0 Å². The van der Waals surface area contributed by atoms with Crippen LogP contribution in [0.2, 0.25) is 0 Å². The summed E-state index contributed by atoms with van der Waals surface area (Å²) in [6.07, 6.45) is 2.70. The molecule has 1 fully saturated rings. The highest BCUT2D eigenvalue weighted by Gasteiger charge is 2.24. The standard InChI is InChI=1S/C18H19BrN4O2/c19-15-3-1-13(2-4-15)17(24)23-6-5-14-11-20-18(21-16(14)12-23)22-7-9-25-10-8-22/h1-4,11H,5-10,12H2. The van der Waals surface area contributed by atoms with Crippen LogP contribution in [-0.4, -0.2) is 53.6 Å². The minimum atomic E-state index is 0.0460. The van der Waals surface area contributed by atoms with Crippen LogP contribution in [0.15, 0.2) is 34.9 Å². The van der Waals surface area contributed by atoms with Crippen molar-refractivity contribution < 1.29 is 9.53 Å². The van der Waals surface area contributed by atoms with Gasteiger partial charge in [-0.15, -0.1) is 0 Å². The number of morpholine rings is 1. The quantitative estimate of drug-likeness (QED) is 0.770. The maximum Gasteiger partial charge on any atom is 0.254 e. The van der Waals surface area contributed by atoms with Crippen molar-refractivity contribution in [1.29, 1.82) is 0 Å². The molecule has 1 aromatic heterocycles. The van der Waals surface area contributed by atoms with E-state index in [2.05, 4.69) is 25.8 Å². The molecule has 2 aliphatic rings. The van der Waals surface area contributed by atoms with Crippen molar-refractivity contribution in [2.24, 2.45) is 0 Å². The predicted molar refractivity (Wildman–Crippen MR) is 97.7 cm³/mol. The van der Waals surface area contributed by atoms with E-state index < -0.39 is 0 Å². The number of carbonyl (C=O) groups is 1. The Morgan fingerprint density at radius 1 is 1.12 bits per heavy atom. The fourth-order valence-corrected chi connectivity index (χ4v) is 3.42. The number of nitrogens with zero attached hydrogens (tertiary/aromatic N) is 4. The van der Waals surface area contributed by atoms with Gasteiger partial charge in [0.25, 0.3) is 5.91 Å². The molecule has 0 atom stereocenters. The van der Waals surface area contributed by atoms with Crippen LogP contribution < -0.4 is 4.90 Å². The van der Waals surface area contributed by atoms with E-state index in [1.165, 1.54) is 0 Å². The zero-order chi connectivity index (χ0) is 17.2. The van der Waals surface area contributed by atoms with Gasteiger partial charge in [-0.25, -0.2) is 9.97 Å². The van der Waals surface area contributed by atoms with Gasteiger partial charge in [-0.2, -0.15) is 0 Å². The number of fused-ring (bicyclic) bond motifs is 1. The summed E-state index contributed by atoms with van der Waals surface area (Å²) >= 11 is 3.40. The molecule has 2 aromatic rings. The summed E-state index contributed by atoms with van der Waals surface area (Å²) in [5.41, 5.74) is 2.79. The fraction of sp³-hybridized carbons (Fsp3) is 0.389. The molecular weight excluding hydrogens is 384 g/mol. The van der Waals surface area contributed by atoms with Crippen molar-refractivity contribution in [2.45, 2.75) is 13.0 Å². The summed E-state index contributed by atoms with van der Waals surface area (Å²) in [6.45, 7) is 4.25. The van der Waals surface area contributed by atoms with Crippen molar-refractivity contribution in [3.05, 3.63) is 51.8 Å². The average molecular weight is 403 g/mol. The number of hydrogen-bond donors (Lipinski definition) is 0. The van der Waals surface area contributed by atoms with Gasteiger partial charge < -0.3 is 14.5 Å². The Kier molecular flexibility index (Phi) is 4.67. The second-order valence-electron chi connectivity index (χ2n) is 6.22. The fourth-order valence-electron chi connectivity index (χ4n) is 3.16. The zero-order valence-electron chi connectivity index (χ0n) is 13.8. The van der Waals surface area contributed by atoms with E-state index in [9.17, 15) is 4.79 Å². The Labute approximate surface area is 154 Å². The Bertz CT molecular complexity index is 775. The molecule has 6 nitrogen and oxygen atoms in total. The number of hydrogen-bond acceptors (Lipinski definition) is 5. The second kappa shape index (κ2) is 7.09. The van der Waals surface area contributed by atoms with Gasteiger partial charge in [0.15, 0.2) is 0 Å². The number of rotatable bonds is 2. The average Bonchev–Trinajstić information content (AvgIpc) is 2.68. The van der Waals surface area contributed by atoms with Gasteiger partial charge in [-0.1, -0.05) is 15.9 Å². The highest BCUT2D eigenvalue weighted by atomic mass is 79.9. The van der Waals surface area contributed by atoms with Crippen LogP contribution in [0, 0.1) is 0 Å². The highest BCUT2D eigenvalue weighted by Crippen LogP contribution is 2.22. The number of halogens is 1. The summed E-state index contributed by atoms with van der Waals surface area (Å²) < 4.78 is 6.35. The lowest BCUT2D eigenvalue weighted by Gasteiger charge is -2.30. The molecule has 4 rings (SSSR count). The SMILES string of the molecule is O=C(c1ccc(Br)cc1)N1CCc2cnc(N3CCOCC3)nc2C1. The molecule has 0 radical (unpaired) electrons. The van der Waals surface area contributed by atoms with Crippen molar-refractivity contribution in [3.63, 3.8) is 0 Å². The second-order valence-corrected chi connectivity index (χ2v) is 7.14. The number of ether oxygens (including phenoxy) is 1. The maximum absolute atomic E-state index is 12.7. The number of amides is 1. The third-order valence-corrected chi connectivity index (χ3v) is 5.13. The topological polar surface area (TPSA) is 58.6 Å². The first-order valence-electron chi connectivity index (χ1n) is 8.43. The molecular formula is C18H19BrN4O2. The summed E-state index contributed by atoms with van der Waals surface area (Å²) in [5.74, 6) is 0.782. The van der Waals surface area contributed by atoms with Crippen molar-refractivity contribution in [1.82, 2.24) is 14.9 Å². The lowest BCUT2D eigenvalue weighted by atomic mass is 10.1. The van der Waals surface area contributed by atoms with Crippen LogP contribution in [0.1, 0.15) is 21.6 Å². The predicted octanol–water partition coefficient (Wildman–Crippen LogP) is 2.27. The summed E-state index contributed by atoms with van der Waals surface area (Å²) in [7, 11) is 0. The third kappa shape index (κ3) is 3.52. The molecule has 3 heterocycles. The lowest BCUT2D eigenvalue weighted by molar-refractivity contribution is 0.0731. The van der Waals surface area contributed by atoms with Crippen LogP contribution in [-0.2, 0) is 17.7 Å². The molecule has 1 amide bonds. The van der Waals surface area contributed by atoms with Gasteiger partial charge in [0.2, 0.25) is 5.95 Å². The number of anilines is 1.